The minimum absolute atomic E-state index is 0.551. The Kier molecular flexibility index (Phi) is 3.08. The maximum absolute atomic E-state index is 5.93. The van der Waals surface area contributed by atoms with Gasteiger partial charge in [-0.15, -0.1) is 0 Å². The SMILES string of the molecule is CC(C)CN=c1c2ccccc2oc2ccccc12. The van der Waals surface area contributed by atoms with Gasteiger partial charge in [0.15, 0.2) is 0 Å². The third-order valence-corrected chi connectivity index (χ3v) is 3.12. The van der Waals surface area contributed by atoms with Crippen LogP contribution in [0.3, 0.4) is 0 Å². The van der Waals surface area contributed by atoms with Gasteiger partial charge >= 0.3 is 0 Å². The normalized spacial score (nSPS) is 11.3. The predicted octanol–water partition coefficient (Wildman–Crippen LogP) is 4.14. The van der Waals surface area contributed by atoms with Gasteiger partial charge in [0.2, 0.25) is 0 Å². The molecule has 0 unspecified atom stereocenters. The minimum Gasteiger partial charge on any atom is -0.456 e. The summed E-state index contributed by atoms with van der Waals surface area (Å²) in [6, 6.07) is 16.2. The predicted molar refractivity (Wildman–Crippen MR) is 79.0 cm³/mol. The number of nitrogens with zero attached hydrogens (tertiary/aromatic N) is 1. The summed E-state index contributed by atoms with van der Waals surface area (Å²) in [4.78, 5) is 4.80. The monoisotopic (exact) mass is 251 g/mol. The second kappa shape index (κ2) is 4.88. The Labute approximate surface area is 112 Å². The van der Waals surface area contributed by atoms with Crippen molar-refractivity contribution < 1.29 is 4.42 Å². The van der Waals surface area contributed by atoms with Gasteiger partial charge in [0.25, 0.3) is 0 Å². The van der Waals surface area contributed by atoms with E-state index in [-0.39, 0.29) is 0 Å². The molecule has 0 spiro atoms. The van der Waals surface area contributed by atoms with Crippen molar-refractivity contribution in [2.75, 3.05) is 6.54 Å². The quantitative estimate of drug-likeness (QED) is 0.628. The number of benzene rings is 2. The van der Waals surface area contributed by atoms with E-state index in [2.05, 4.69) is 26.0 Å². The lowest BCUT2D eigenvalue weighted by molar-refractivity contribution is 0.649. The van der Waals surface area contributed by atoms with E-state index in [9.17, 15) is 0 Å². The van der Waals surface area contributed by atoms with Crippen LogP contribution in [0, 0.1) is 5.92 Å². The molecule has 19 heavy (non-hydrogen) atoms. The highest BCUT2D eigenvalue weighted by atomic mass is 16.3. The van der Waals surface area contributed by atoms with Gasteiger partial charge < -0.3 is 4.42 Å². The summed E-state index contributed by atoms with van der Waals surface area (Å²) in [7, 11) is 0. The summed E-state index contributed by atoms with van der Waals surface area (Å²) < 4.78 is 5.93. The molecule has 0 amide bonds. The Balaban J connectivity index is 2.43. The average Bonchev–Trinajstić information content (AvgIpc) is 2.43. The van der Waals surface area contributed by atoms with E-state index in [4.69, 9.17) is 9.41 Å². The Morgan fingerprint density at radius 1 is 0.895 bits per heavy atom. The summed E-state index contributed by atoms with van der Waals surface area (Å²) >= 11 is 0. The zero-order valence-corrected chi connectivity index (χ0v) is 11.3. The van der Waals surface area contributed by atoms with Crippen LogP contribution in [0.2, 0.25) is 0 Å². The zero-order valence-electron chi connectivity index (χ0n) is 11.3. The topological polar surface area (TPSA) is 25.5 Å². The standard InChI is InChI=1S/C17H17NO/c1-12(2)11-18-17-13-7-3-5-9-15(13)19-16-10-6-4-8-14(16)17/h3-10,12H,11H2,1-2H3. The summed E-state index contributed by atoms with van der Waals surface area (Å²) in [5, 5.41) is 3.22. The highest BCUT2D eigenvalue weighted by molar-refractivity contribution is 5.89. The van der Waals surface area contributed by atoms with E-state index in [0.29, 0.717) is 5.92 Å². The van der Waals surface area contributed by atoms with E-state index >= 15 is 0 Å². The smallest absolute Gasteiger partial charge is 0.136 e. The van der Waals surface area contributed by atoms with Crippen LogP contribution in [0.15, 0.2) is 57.9 Å². The molecule has 2 nitrogen and oxygen atoms in total. The molecular formula is C17H17NO. The molecule has 3 rings (SSSR count). The number of hydrogen-bond donors (Lipinski definition) is 0. The van der Waals surface area contributed by atoms with Crippen molar-refractivity contribution in [1.82, 2.24) is 0 Å². The molecule has 0 N–H and O–H groups in total. The Morgan fingerprint density at radius 3 is 1.95 bits per heavy atom. The first-order chi connectivity index (χ1) is 9.25. The lowest BCUT2D eigenvalue weighted by Gasteiger charge is -2.04. The molecule has 0 radical (unpaired) electrons. The largest absolute Gasteiger partial charge is 0.456 e. The first-order valence-corrected chi connectivity index (χ1v) is 6.67. The van der Waals surface area contributed by atoms with Crippen LogP contribution in [0.5, 0.6) is 0 Å². The first-order valence-electron chi connectivity index (χ1n) is 6.67. The summed E-state index contributed by atoms with van der Waals surface area (Å²) in [6.07, 6.45) is 0. The Bertz CT molecular complexity index is 727. The van der Waals surface area contributed by atoms with Crippen molar-refractivity contribution in [3.63, 3.8) is 0 Å². The van der Waals surface area contributed by atoms with E-state index in [1.54, 1.807) is 0 Å². The number of rotatable bonds is 2. The van der Waals surface area contributed by atoms with Gasteiger partial charge in [-0.1, -0.05) is 38.1 Å². The van der Waals surface area contributed by atoms with E-state index < -0.39 is 0 Å². The molecule has 2 heteroatoms. The molecule has 0 aliphatic heterocycles. The summed E-state index contributed by atoms with van der Waals surface area (Å²) in [6.45, 7) is 5.19. The molecule has 0 atom stereocenters. The minimum atomic E-state index is 0.551. The molecule has 1 aromatic heterocycles. The molecule has 0 bridgehead atoms. The fourth-order valence-corrected chi connectivity index (χ4v) is 2.21. The molecule has 0 fully saturated rings. The summed E-state index contributed by atoms with van der Waals surface area (Å²) in [5.41, 5.74) is 1.78. The van der Waals surface area contributed by atoms with Gasteiger partial charge in [-0.05, 0) is 30.2 Å². The van der Waals surface area contributed by atoms with Gasteiger partial charge in [0.05, 0.1) is 5.36 Å². The molecule has 0 saturated heterocycles. The molecule has 3 aromatic rings. The number of hydrogen-bond acceptors (Lipinski definition) is 2. The van der Waals surface area contributed by atoms with Gasteiger partial charge in [-0.2, -0.15) is 0 Å². The van der Waals surface area contributed by atoms with Crippen molar-refractivity contribution in [2.45, 2.75) is 13.8 Å². The van der Waals surface area contributed by atoms with Crippen molar-refractivity contribution in [3.8, 4) is 0 Å². The number of para-hydroxylation sites is 2. The molecule has 0 aliphatic rings. The van der Waals surface area contributed by atoms with Crippen LogP contribution >= 0.6 is 0 Å². The van der Waals surface area contributed by atoms with Crippen LogP contribution in [0.25, 0.3) is 21.9 Å². The van der Waals surface area contributed by atoms with E-state index in [0.717, 1.165) is 33.8 Å². The van der Waals surface area contributed by atoms with Crippen LogP contribution < -0.4 is 5.36 Å². The lowest BCUT2D eigenvalue weighted by Crippen LogP contribution is -2.08. The van der Waals surface area contributed by atoms with Crippen molar-refractivity contribution in [1.29, 1.82) is 0 Å². The summed E-state index contributed by atoms with van der Waals surface area (Å²) in [5.74, 6) is 0.551. The van der Waals surface area contributed by atoms with Gasteiger partial charge in [0.1, 0.15) is 11.2 Å². The van der Waals surface area contributed by atoms with E-state index in [1.165, 1.54) is 0 Å². The second-order valence-electron chi connectivity index (χ2n) is 5.18. The van der Waals surface area contributed by atoms with E-state index in [1.807, 2.05) is 36.4 Å². The lowest BCUT2D eigenvalue weighted by atomic mass is 10.1. The molecule has 2 aromatic carbocycles. The maximum Gasteiger partial charge on any atom is 0.136 e. The van der Waals surface area contributed by atoms with Crippen molar-refractivity contribution in [3.05, 3.63) is 53.9 Å². The highest BCUT2D eigenvalue weighted by Gasteiger charge is 2.04. The third-order valence-electron chi connectivity index (χ3n) is 3.12. The third kappa shape index (κ3) is 2.26. The maximum atomic E-state index is 5.93. The van der Waals surface area contributed by atoms with Crippen LogP contribution in [-0.2, 0) is 0 Å². The molecule has 96 valence electrons. The fraction of sp³-hybridized carbons (Fsp3) is 0.235. The van der Waals surface area contributed by atoms with Crippen LogP contribution in [0.4, 0.5) is 0 Å². The van der Waals surface area contributed by atoms with Crippen molar-refractivity contribution >= 4 is 21.9 Å². The molecule has 0 saturated carbocycles. The van der Waals surface area contributed by atoms with Crippen LogP contribution in [-0.4, -0.2) is 6.54 Å². The Hall–Kier alpha value is -2.09. The molecule has 1 heterocycles. The van der Waals surface area contributed by atoms with Gasteiger partial charge in [0, 0.05) is 17.3 Å². The fourth-order valence-electron chi connectivity index (χ4n) is 2.21. The van der Waals surface area contributed by atoms with Gasteiger partial charge in [-0.25, -0.2) is 0 Å². The number of fused-ring (bicyclic) bond motifs is 2. The Morgan fingerprint density at radius 2 is 1.42 bits per heavy atom. The molecule has 0 aliphatic carbocycles. The highest BCUT2D eigenvalue weighted by Crippen LogP contribution is 2.18. The zero-order chi connectivity index (χ0) is 13.2. The second-order valence-corrected chi connectivity index (χ2v) is 5.18. The average molecular weight is 251 g/mol. The van der Waals surface area contributed by atoms with Crippen LogP contribution in [0.1, 0.15) is 13.8 Å². The van der Waals surface area contributed by atoms with Crippen molar-refractivity contribution in [2.24, 2.45) is 10.9 Å². The van der Waals surface area contributed by atoms with Gasteiger partial charge in [-0.3, -0.25) is 4.99 Å². The molecular weight excluding hydrogens is 234 g/mol. The first kappa shape index (κ1) is 12.0.